The quantitative estimate of drug-likeness (QED) is 0.114. The molecular formula is C27H26NO6S+. The van der Waals surface area contributed by atoms with E-state index in [0.29, 0.717) is 30.3 Å². The SMILES string of the molecule is COc1ccc(C=Cc2ccc3c(cc4ccccc4[n+]3CCCCS(=O)(=O)O)c2C(=O)O)cc1. The molecule has 0 aliphatic rings. The molecule has 0 atom stereocenters. The van der Waals surface area contributed by atoms with Gasteiger partial charge in [0.25, 0.3) is 10.1 Å². The van der Waals surface area contributed by atoms with E-state index in [2.05, 4.69) is 0 Å². The molecule has 4 aromatic rings. The van der Waals surface area contributed by atoms with Gasteiger partial charge in [-0.15, -0.1) is 0 Å². The minimum absolute atomic E-state index is 0.199. The van der Waals surface area contributed by atoms with Gasteiger partial charge in [0.15, 0.2) is 0 Å². The first-order chi connectivity index (χ1) is 16.8. The molecule has 0 unspecified atom stereocenters. The summed E-state index contributed by atoms with van der Waals surface area (Å²) in [7, 11) is -2.42. The Morgan fingerprint density at radius 2 is 1.71 bits per heavy atom. The maximum atomic E-state index is 12.4. The third-order valence-corrected chi connectivity index (χ3v) is 6.70. The second kappa shape index (κ2) is 10.2. The van der Waals surface area contributed by atoms with Crippen LogP contribution in [0.1, 0.15) is 34.3 Å². The summed E-state index contributed by atoms with van der Waals surface area (Å²) in [6.07, 6.45) is 4.45. The van der Waals surface area contributed by atoms with Crippen LogP contribution < -0.4 is 9.30 Å². The molecule has 3 aromatic carbocycles. The van der Waals surface area contributed by atoms with E-state index in [1.54, 1.807) is 19.3 Å². The van der Waals surface area contributed by atoms with Crippen LogP contribution in [0.4, 0.5) is 0 Å². The van der Waals surface area contributed by atoms with E-state index >= 15 is 0 Å². The average Bonchev–Trinajstić information content (AvgIpc) is 2.83. The van der Waals surface area contributed by atoms with Crippen LogP contribution in [0.3, 0.4) is 0 Å². The van der Waals surface area contributed by atoms with Crippen molar-refractivity contribution in [1.82, 2.24) is 0 Å². The monoisotopic (exact) mass is 492 g/mol. The van der Waals surface area contributed by atoms with Gasteiger partial charge in [-0.2, -0.15) is 13.0 Å². The predicted octanol–water partition coefficient (Wildman–Crippen LogP) is 4.83. The van der Waals surface area contributed by atoms with Crippen LogP contribution in [0.25, 0.3) is 34.0 Å². The number of pyridine rings is 1. The number of carbonyl (C=O) groups is 1. The van der Waals surface area contributed by atoms with Crippen molar-refractivity contribution in [1.29, 1.82) is 0 Å². The van der Waals surface area contributed by atoms with Crippen molar-refractivity contribution in [3.8, 4) is 5.75 Å². The largest absolute Gasteiger partial charge is 0.497 e. The molecule has 8 heteroatoms. The number of aromatic carboxylic acids is 1. The van der Waals surface area contributed by atoms with Gasteiger partial charge in [-0.25, -0.2) is 4.79 Å². The smallest absolute Gasteiger partial charge is 0.337 e. The highest BCUT2D eigenvalue weighted by molar-refractivity contribution is 7.85. The molecular weight excluding hydrogens is 466 g/mol. The van der Waals surface area contributed by atoms with Crippen molar-refractivity contribution in [3.63, 3.8) is 0 Å². The summed E-state index contributed by atoms with van der Waals surface area (Å²) < 4.78 is 38.4. The van der Waals surface area contributed by atoms with Crippen molar-refractivity contribution >= 4 is 50.0 Å². The number of methoxy groups -OCH3 is 1. The zero-order valence-electron chi connectivity index (χ0n) is 19.2. The van der Waals surface area contributed by atoms with Crippen LogP contribution in [-0.4, -0.2) is 36.9 Å². The van der Waals surface area contributed by atoms with Crippen molar-refractivity contribution in [3.05, 3.63) is 83.4 Å². The molecule has 7 nitrogen and oxygen atoms in total. The first-order valence-electron chi connectivity index (χ1n) is 11.2. The maximum absolute atomic E-state index is 12.4. The summed E-state index contributed by atoms with van der Waals surface area (Å²) >= 11 is 0. The molecule has 0 fully saturated rings. The Morgan fingerprint density at radius 1 is 0.971 bits per heavy atom. The molecule has 0 saturated heterocycles. The average molecular weight is 493 g/mol. The normalized spacial score (nSPS) is 11.9. The highest BCUT2D eigenvalue weighted by Gasteiger charge is 2.22. The Morgan fingerprint density at radius 3 is 2.40 bits per heavy atom. The maximum Gasteiger partial charge on any atom is 0.337 e. The van der Waals surface area contributed by atoms with Gasteiger partial charge < -0.3 is 9.84 Å². The zero-order valence-corrected chi connectivity index (χ0v) is 20.0. The number of aryl methyl sites for hydroxylation is 1. The molecule has 2 N–H and O–H groups in total. The number of hydrogen-bond donors (Lipinski definition) is 2. The highest BCUT2D eigenvalue weighted by Crippen LogP contribution is 2.26. The Kier molecular flexibility index (Phi) is 7.14. The van der Waals surface area contributed by atoms with Crippen molar-refractivity contribution in [2.24, 2.45) is 0 Å². The number of carboxylic acid groups (broad SMARTS) is 1. The van der Waals surface area contributed by atoms with Crippen LogP contribution in [0, 0.1) is 0 Å². The first-order valence-corrected chi connectivity index (χ1v) is 12.8. The number of nitrogens with zero attached hydrogens (tertiary/aromatic N) is 1. The second-order valence-corrected chi connectivity index (χ2v) is 9.79. The van der Waals surface area contributed by atoms with E-state index in [1.807, 2.05) is 71.3 Å². The lowest BCUT2D eigenvalue weighted by atomic mass is 9.98. The van der Waals surface area contributed by atoms with Crippen LogP contribution >= 0.6 is 0 Å². The summed E-state index contributed by atoms with van der Waals surface area (Å²) in [5.74, 6) is -0.595. The van der Waals surface area contributed by atoms with E-state index < -0.39 is 16.1 Å². The molecule has 0 aliphatic carbocycles. The number of para-hydroxylation sites is 1. The molecule has 180 valence electrons. The van der Waals surface area contributed by atoms with E-state index in [9.17, 15) is 18.3 Å². The molecule has 0 bridgehead atoms. The van der Waals surface area contributed by atoms with Gasteiger partial charge in [0, 0.05) is 23.9 Å². The number of aromatic nitrogens is 1. The van der Waals surface area contributed by atoms with Crippen molar-refractivity contribution in [2.45, 2.75) is 19.4 Å². The summed E-state index contributed by atoms with van der Waals surface area (Å²) in [5, 5.41) is 11.6. The van der Waals surface area contributed by atoms with Crippen LogP contribution in [-0.2, 0) is 16.7 Å². The minimum Gasteiger partial charge on any atom is -0.497 e. The third kappa shape index (κ3) is 5.67. The van der Waals surface area contributed by atoms with Gasteiger partial charge in [0.05, 0.1) is 23.8 Å². The second-order valence-electron chi connectivity index (χ2n) is 8.22. The van der Waals surface area contributed by atoms with Gasteiger partial charge in [-0.05, 0) is 47.9 Å². The summed E-state index contributed by atoms with van der Waals surface area (Å²) in [6, 6.07) is 20.7. The van der Waals surface area contributed by atoms with E-state index in [-0.39, 0.29) is 11.3 Å². The number of ether oxygens (including phenoxy) is 1. The van der Waals surface area contributed by atoms with Crippen molar-refractivity contribution in [2.75, 3.05) is 12.9 Å². The molecule has 4 rings (SSSR count). The molecule has 0 saturated carbocycles. The van der Waals surface area contributed by atoms with Gasteiger partial charge in [0.1, 0.15) is 12.3 Å². The summed E-state index contributed by atoms with van der Waals surface area (Å²) in [4.78, 5) is 12.4. The fourth-order valence-corrected chi connectivity index (χ4v) is 4.79. The molecule has 0 amide bonds. The Labute approximate surface area is 203 Å². The van der Waals surface area contributed by atoms with E-state index in [0.717, 1.165) is 27.7 Å². The van der Waals surface area contributed by atoms with Crippen molar-refractivity contribution < 1.29 is 32.2 Å². The van der Waals surface area contributed by atoms with Gasteiger partial charge >= 0.3 is 5.97 Å². The number of hydrogen-bond acceptors (Lipinski definition) is 4. The first kappa shape index (κ1) is 24.4. The van der Waals surface area contributed by atoms with Gasteiger partial charge in [-0.3, -0.25) is 4.55 Å². The van der Waals surface area contributed by atoms with Crippen LogP contribution in [0.5, 0.6) is 5.75 Å². The molecule has 1 aromatic heterocycles. The highest BCUT2D eigenvalue weighted by atomic mass is 32.2. The number of unbranched alkanes of at least 4 members (excludes halogenated alkanes) is 1. The number of rotatable bonds is 9. The molecule has 0 aliphatic heterocycles. The fourth-order valence-electron chi connectivity index (χ4n) is 4.22. The topological polar surface area (TPSA) is 105 Å². The van der Waals surface area contributed by atoms with Gasteiger partial charge in [0.2, 0.25) is 11.0 Å². The molecule has 0 radical (unpaired) electrons. The molecule has 0 spiro atoms. The fraction of sp³-hybridized carbons (Fsp3) is 0.185. The lowest BCUT2D eigenvalue weighted by Crippen LogP contribution is -2.36. The van der Waals surface area contributed by atoms with E-state index in [4.69, 9.17) is 9.29 Å². The number of fused-ring (bicyclic) bond motifs is 2. The van der Waals surface area contributed by atoms with Gasteiger partial charge in [-0.1, -0.05) is 36.4 Å². The summed E-state index contributed by atoms with van der Waals surface area (Å²) in [5.41, 5.74) is 3.35. The van der Waals surface area contributed by atoms with Crippen LogP contribution in [0.2, 0.25) is 0 Å². The molecule has 1 heterocycles. The zero-order chi connectivity index (χ0) is 25.0. The minimum atomic E-state index is -4.02. The number of carboxylic acids is 1. The predicted molar refractivity (Wildman–Crippen MR) is 136 cm³/mol. The lowest BCUT2D eigenvalue weighted by Gasteiger charge is -2.10. The Bertz CT molecular complexity index is 1530. The third-order valence-electron chi connectivity index (χ3n) is 5.89. The Balaban J connectivity index is 1.80. The van der Waals surface area contributed by atoms with E-state index in [1.165, 1.54) is 0 Å². The van der Waals surface area contributed by atoms with Crippen LogP contribution in [0.15, 0.2) is 66.7 Å². The molecule has 35 heavy (non-hydrogen) atoms. The Hall–Kier alpha value is -3.75. The standard InChI is InChI=1S/C27H25NO6S/c1-34-22-13-9-19(10-14-22)8-11-20-12-15-25-23(26(20)27(29)30)18-21-6-2-3-7-24(21)28(25)16-4-5-17-35(31,32)33/h2-3,6-15,18H,4-5,16-17H2,1H3,(H-,29,30,31,32,33)/p+1. The summed E-state index contributed by atoms with van der Waals surface area (Å²) in [6.45, 7) is 0.480. The number of benzene rings is 3. The lowest BCUT2D eigenvalue weighted by molar-refractivity contribution is -0.645.